The molecule has 2 aromatic carbocycles. The Labute approximate surface area is 185 Å². The number of thioether (sulfide) groups is 2. The normalized spacial score (nSPS) is 18.3. The summed E-state index contributed by atoms with van der Waals surface area (Å²) in [5.41, 5.74) is 1.89. The SMILES string of the molecule is CC(=O)Nc1ccccc1.CN1CCS/C1=C1\SC(=N)N(Cc2ccccc2)C1=O. The molecule has 2 aliphatic rings. The summed E-state index contributed by atoms with van der Waals surface area (Å²) in [7, 11) is 2.00. The Morgan fingerprint density at radius 3 is 2.30 bits per heavy atom. The van der Waals surface area contributed by atoms with Crippen molar-refractivity contribution in [3.63, 3.8) is 0 Å². The summed E-state index contributed by atoms with van der Waals surface area (Å²) in [6.07, 6.45) is 0. The molecule has 2 saturated heterocycles. The van der Waals surface area contributed by atoms with E-state index < -0.39 is 0 Å². The van der Waals surface area contributed by atoms with Crippen molar-refractivity contribution in [1.82, 2.24) is 9.80 Å². The number of hydrogen-bond acceptors (Lipinski definition) is 6. The van der Waals surface area contributed by atoms with Crippen molar-refractivity contribution in [1.29, 1.82) is 5.41 Å². The van der Waals surface area contributed by atoms with Crippen LogP contribution in [-0.4, -0.2) is 46.1 Å². The molecule has 0 spiro atoms. The minimum absolute atomic E-state index is 0.0359. The van der Waals surface area contributed by atoms with Gasteiger partial charge in [0.2, 0.25) is 5.91 Å². The third-order valence-electron chi connectivity index (χ3n) is 4.37. The van der Waals surface area contributed by atoms with Crippen molar-refractivity contribution in [2.24, 2.45) is 0 Å². The van der Waals surface area contributed by atoms with Gasteiger partial charge in [-0.1, -0.05) is 48.5 Å². The molecular formula is C22H24N4O2S2. The van der Waals surface area contributed by atoms with Crippen molar-refractivity contribution in [2.45, 2.75) is 13.5 Å². The lowest BCUT2D eigenvalue weighted by Crippen LogP contribution is -2.28. The lowest BCUT2D eigenvalue weighted by molar-refractivity contribution is -0.122. The fraction of sp³-hybridized carbons (Fsp3) is 0.227. The molecule has 0 unspecified atom stereocenters. The summed E-state index contributed by atoms with van der Waals surface area (Å²) in [6.45, 7) is 2.92. The molecule has 0 aliphatic carbocycles. The molecule has 0 radical (unpaired) electrons. The van der Waals surface area contributed by atoms with Gasteiger partial charge >= 0.3 is 0 Å². The zero-order valence-corrected chi connectivity index (χ0v) is 18.6. The summed E-state index contributed by atoms with van der Waals surface area (Å²) in [5.74, 6) is 0.932. The highest BCUT2D eigenvalue weighted by Gasteiger charge is 2.36. The monoisotopic (exact) mass is 440 g/mol. The third-order valence-corrected chi connectivity index (χ3v) is 6.66. The Kier molecular flexibility index (Phi) is 7.59. The minimum atomic E-state index is -0.0416. The molecule has 156 valence electrons. The first kappa shape index (κ1) is 22.0. The van der Waals surface area contributed by atoms with Crippen LogP contribution in [0.25, 0.3) is 0 Å². The summed E-state index contributed by atoms with van der Waals surface area (Å²) in [5, 5.41) is 12.1. The second-order valence-electron chi connectivity index (χ2n) is 6.74. The molecule has 0 aromatic heterocycles. The van der Waals surface area contributed by atoms with Crippen LogP contribution in [0.1, 0.15) is 12.5 Å². The summed E-state index contributed by atoms with van der Waals surface area (Å²) >= 11 is 2.98. The smallest absolute Gasteiger partial charge is 0.269 e. The molecule has 8 heteroatoms. The van der Waals surface area contributed by atoms with E-state index in [0.717, 1.165) is 28.6 Å². The average molecular weight is 441 g/mol. The Morgan fingerprint density at radius 2 is 1.73 bits per heavy atom. The molecule has 2 aliphatic heterocycles. The van der Waals surface area contributed by atoms with Crippen LogP contribution in [0.4, 0.5) is 5.69 Å². The fourth-order valence-corrected chi connectivity index (χ4v) is 5.19. The number of carbonyl (C=O) groups is 2. The largest absolute Gasteiger partial charge is 0.368 e. The first-order valence-corrected chi connectivity index (χ1v) is 11.3. The topological polar surface area (TPSA) is 76.5 Å². The second-order valence-corrected chi connectivity index (χ2v) is 8.82. The summed E-state index contributed by atoms with van der Waals surface area (Å²) < 4.78 is 0. The van der Waals surface area contributed by atoms with Crippen LogP contribution >= 0.6 is 23.5 Å². The molecular weight excluding hydrogens is 416 g/mol. The molecule has 2 aromatic rings. The van der Waals surface area contributed by atoms with Crippen LogP contribution in [0, 0.1) is 5.41 Å². The average Bonchev–Trinajstić information content (AvgIpc) is 3.27. The number of benzene rings is 2. The molecule has 2 heterocycles. The quantitative estimate of drug-likeness (QED) is 0.700. The van der Waals surface area contributed by atoms with Crippen LogP contribution in [0.15, 0.2) is 70.6 Å². The molecule has 0 bridgehead atoms. The number of anilines is 1. The zero-order valence-electron chi connectivity index (χ0n) is 16.9. The van der Waals surface area contributed by atoms with Gasteiger partial charge in [-0.05, 0) is 29.5 Å². The number of carbonyl (C=O) groups excluding carboxylic acids is 2. The van der Waals surface area contributed by atoms with Gasteiger partial charge in [-0.3, -0.25) is 19.9 Å². The molecule has 0 saturated carbocycles. The first-order chi connectivity index (χ1) is 14.5. The van der Waals surface area contributed by atoms with Crippen LogP contribution in [-0.2, 0) is 16.1 Å². The first-order valence-electron chi connectivity index (χ1n) is 9.48. The van der Waals surface area contributed by atoms with Gasteiger partial charge in [-0.2, -0.15) is 0 Å². The number of para-hydroxylation sites is 1. The highest BCUT2D eigenvalue weighted by molar-refractivity contribution is 8.19. The molecule has 6 nitrogen and oxygen atoms in total. The molecule has 4 rings (SSSR count). The number of nitrogens with zero attached hydrogens (tertiary/aromatic N) is 2. The number of amides is 2. The zero-order chi connectivity index (χ0) is 21.5. The number of nitrogens with one attached hydrogen (secondary N) is 2. The summed E-state index contributed by atoms with van der Waals surface area (Å²) in [4.78, 5) is 27.4. The third kappa shape index (κ3) is 5.67. The maximum atomic E-state index is 12.5. The number of hydrogen-bond donors (Lipinski definition) is 2. The second kappa shape index (κ2) is 10.4. The van der Waals surface area contributed by atoms with E-state index >= 15 is 0 Å². The van der Waals surface area contributed by atoms with Gasteiger partial charge in [0.25, 0.3) is 5.91 Å². The van der Waals surface area contributed by atoms with E-state index in [9.17, 15) is 9.59 Å². The lowest BCUT2D eigenvalue weighted by Gasteiger charge is -2.15. The van der Waals surface area contributed by atoms with Crippen molar-refractivity contribution < 1.29 is 9.59 Å². The van der Waals surface area contributed by atoms with Crippen LogP contribution in [0.2, 0.25) is 0 Å². The van der Waals surface area contributed by atoms with Crippen molar-refractivity contribution in [3.8, 4) is 0 Å². The van der Waals surface area contributed by atoms with E-state index in [-0.39, 0.29) is 11.8 Å². The van der Waals surface area contributed by atoms with E-state index in [1.165, 1.54) is 18.7 Å². The van der Waals surface area contributed by atoms with Crippen LogP contribution in [0.5, 0.6) is 0 Å². The highest BCUT2D eigenvalue weighted by Crippen LogP contribution is 2.40. The molecule has 2 fully saturated rings. The highest BCUT2D eigenvalue weighted by atomic mass is 32.2. The van der Waals surface area contributed by atoms with Gasteiger partial charge in [-0.25, -0.2) is 0 Å². The Bertz CT molecular complexity index is 948. The van der Waals surface area contributed by atoms with E-state index in [4.69, 9.17) is 5.41 Å². The van der Waals surface area contributed by atoms with Gasteiger partial charge in [0.05, 0.1) is 11.6 Å². The maximum absolute atomic E-state index is 12.5. The Hall–Kier alpha value is -2.71. The van der Waals surface area contributed by atoms with Gasteiger partial charge in [0, 0.05) is 32.0 Å². The van der Waals surface area contributed by atoms with Gasteiger partial charge in [0.1, 0.15) is 4.91 Å². The van der Waals surface area contributed by atoms with Crippen molar-refractivity contribution in [2.75, 3.05) is 24.7 Å². The Balaban J connectivity index is 0.000000216. The van der Waals surface area contributed by atoms with Crippen molar-refractivity contribution >= 4 is 46.2 Å². The van der Waals surface area contributed by atoms with E-state index in [1.807, 2.05) is 67.7 Å². The number of rotatable bonds is 3. The van der Waals surface area contributed by atoms with E-state index in [0.29, 0.717) is 16.6 Å². The van der Waals surface area contributed by atoms with Gasteiger partial charge in [-0.15, -0.1) is 11.8 Å². The Morgan fingerprint density at radius 1 is 1.10 bits per heavy atom. The fourth-order valence-electron chi connectivity index (χ4n) is 2.91. The lowest BCUT2D eigenvalue weighted by atomic mass is 10.2. The van der Waals surface area contributed by atoms with Crippen LogP contribution < -0.4 is 5.32 Å². The predicted octanol–water partition coefficient (Wildman–Crippen LogP) is 4.19. The standard InChI is InChI=1S/C14H15N3OS2.C8H9NO/c1-16-7-8-19-13(16)11-12(18)17(14(15)20-11)9-10-5-3-2-4-6-10;1-7(10)9-8-5-3-2-4-6-8/h2-6,15H,7-9H2,1H3;2-6H,1H3,(H,9,10)/b13-11-,15-14?;. The molecule has 2 amide bonds. The molecule has 2 N–H and O–H groups in total. The van der Waals surface area contributed by atoms with Crippen LogP contribution in [0.3, 0.4) is 0 Å². The number of amidine groups is 1. The van der Waals surface area contributed by atoms with Gasteiger partial charge in [0.15, 0.2) is 5.17 Å². The van der Waals surface area contributed by atoms with E-state index in [2.05, 4.69) is 10.2 Å². The maximum Gasteiger partial charge on any atom is 0.269 e. The van der Waals surface area contributed by atoms with E-state index in [1.54, 1.807) is 16.7 Å². The summed E-state index contributed by atoms with van der Waals surface area (Å²) in [6, 6.07) is 19.2. The van der Waals surface area contributed by atoms with Gasteiger partial charge < -0.3 is 10.2 Å². The van der Waals surface area contributed by atoms with Crippen molar-refractivity contribution in [3.05, 3.63) is 76.2 Å². The predicted molar refractivity (Wildman–Crippen MR) is 125 cm³/mol. The molecule has 30 heavy (non-hydrogen) atoms. The minimum Gasteiger partial charge on any atom is -0.368 e. The molecule has 0 atom stereocenters.